The Morgan fingerprint density at radius 1 is 0.775 bits per heavy atom. The normalized spacial score (nSPS) is 20.9. The molecule has 0 saturated heterocycles. The molecule has 2 heterocycles. The molecule has 2 saturated carbocycles. The van der Waals surface area contributed by atoms with E-state index in [0.717, 1.165) is 56.2 Å². The molecule has 200 valence electrons. The summed E-state index contributed by atoms with van der Waals surface area (Å²) in [6.07, 6.45) is 11.9. The first-order valence-corrected chi connectivity index (χ1v) is 15.0. The lowest BCUT2D eigenvalue weighted by Crippen LogP contribution is -2.31. The highest BCUT2D eigenvalue weighted by Crippen LogP contribution is 2.47. The first-order chi connectivity index (χ1) is 19.5. The Bertz CT molecular complexity index is 1790. The van der Waals surface area contributed by atoms with Crippen molar-refractivity contribution in [3.8, 4) is 28.5 Å². The van der Waals surface area contributed by atoms with E-state index in [-0.39, 0.29) is 0 Å². The molecule has 0 aliphatic heterocycles. The number of aromatic nitrogens is 1. The van der Waals surface area contributed by atoms with Crippen molar-refractivity contribution in [1.29, 1.82) is 5.26 Å². The second-order valence-electron chi connectivity index (χ2n) is 12.4. The van der Waals surface area contributed by atoms with Gasteiger partial charge in [-0.05, 0) is 85.8 Å². The van der Waals surface area contributed by atoms with Gasteiger partial charge < -0.3 is 4.42 Å². The van der Waals surface area contributed by atoms with Crippen molar-refractivity contribution in [2.45, 2.75) is 64.7 Å². The van der Waals surface area contributed by atoms with Crippen molar-refractivity contribution in [2.75, 3.05) is 0 Å². The van der Waals surface area contributed by atoms with Crippen LogP contribution in [0.4, 0.5) is 0 Å². The number of hydrogen-bond donors (Lipinski definition) is 0. The van der Waals surface area contributed by atoms with Gasteiger partial charge in [0.2, 0.25) is 5.69 Å². The molecule has 0 N–H and O–H groups in total. The zero-order valence-corrected chi connectivity index (χ0v) is 23.8. The number of aryl methyl sites for hydroxylation is 3. The van der Waals surface area contributed by atoms with Gasteiger partial charge in [-0.25, -0.2) is 4.57 Å². The Labute approximate surface area is 237 Å². The topological polar surface area (TPSA) is 40.8 Å². The maximum Gasteiger partial charge on any atom is 0.216 e. The van der Waals surface area contributed by atoms with Crippen LogP contribution in [0.15, 0.2) is 71.3 Å². The molecule has 0 spiro atoms. The summed E-state index contributed by atoms with van der Waals surface area (Å²) >= 11 is 0. The van der Waals surface area contributed by atoms with Gasteiger partial charge in [0.1, 0.15) is 18.2 Å². The van der Waals surface area contributed by atoms with E-state index in [2.05, 4.69) is 92.3 Å². The monoisotopic (exact) mass is 525 g/mol. The molecule has 3 nitrogen and oxygen atoms in total. The number of hydrogen-bond acceptors (Lipinski definition) is 2. The van der Waals surface area contributed by atoms with Crippen LogP contribution in [0, 0.1) is 37.0 Å². The van der Waals surface area contributed by atoms with Crippen molar-refractivity contribution < 1.29 is 8.98 Å². The summed E-state index contributed by atoms with van der Waals surface area (Å²) in [5.74, 6) is 2.53. The minimum atomic E-state index is 0.654. The molecule has 3 aromatic carbocycles. The number of pyridine rings is 1. The average molecular weight is 526 g/mol. The molecular weight excluding hydrogens is 488 g/mol. The van der Waals surface area contributed by atoms with E-state index >= 15 is 0 Å². The highest BCUT2D eigenvalue weighted by molar-refractivity contribution is 6.14. The molecule has 40 heavy (non-hydrogen) atoms. The molecule has 0 bridgehead atoms. The van der Waals surface area contributed by atoms with Crippen LogP contribution < -0.4 is 4.57 Å². The Balaban J connectivity index is 1.33. The maximum absolute atomic E-state index is 10.1. The van der Waals surface area contributed by atoms with Crippen LogP contribution in [0.2, 0.25) is 0 Å². The molecular formula is C37H37N2O+. The number of nitriles is 1. The summed E-state index contributed by atoms with van der Waals surface area (Å²) in [6.45, 7) is 4.25. The van der Waals surface area contributed by atoms with Gasteiger partial charge in [-0.1, -0.05) is 62.1 Å². The van der Waals surface area contributed by atoms with Crippen molar-refractivity contribution in [3.05, 3.63) is 89.1 Å². The minimum absolute atomic E-state index is 0.654. The predicted molar refractivity (Wildman–Crippen MR) is 162 cm³/mol. The summed E-state index contributed by atoms with van der Waals surface area (Å²) in [7, 11) is 2.09. The van der Waals surface area contributed by atoms with E-state index in [1.54, 1.807) is 0 Å². The van der Waals surface area contributed by atoms with E-state index in [4.69, 9.17) is 4.42 Å². The van der Waals surface area contributed by atoms with Crippen LogP contribution in [0.25, 0.3) is 44.3 Å². The molecule has 2 aliphatic rings. The van der Waals surface area contributed by atoms with Crippen LogP contribution in [-0.2, 0) is 7.05 Å². The number of rotatable bonds is 3. The Kier molecular flexibility index (Phi) is 6.23. The second kappa shape index (κ2) is 9.93. The summed E-state index contributed by atoms with van der Waals surface area (Å²) < 4.78 is 8.95. The molecule has 2 aromatic heterocycles. The maximum atomic E-state index is 10.1. The molecule has 7 rings (SSSR count). The molecule has 3 heteroatoms. The second-order valence-corrected chi connectivity index (χ2v) is 12.4. The van der Waals surface area contributed by atoms with E-state index in [0.29, 0.717) is 11.5 Å². The molecule has 2 fully saturated rings. The smallest absolute Gasteiger partial charge is 0.216 e. The fraction of sp³-hybridized carbons (Fsp3) is 0.351. The standard InChI is InChI=1S/C37H37N2O/c1-23-8-19-33(39(3)22-23)34-24(2)9-17-31-32-18-16-30(21-38)35(37(32)40-36(31)34)27-13-10-26(11-14-27)29-15-12-25-6-4-5-7-28(25)20-29/h8-11,13-14,16-19,22,25,28-29H,4-7,12,15,20H2,1-3H3/q+1. The van der Waals surface area contributed by atoms with Crippen LogP contribution in [0.3, 0.4) is 0 Å². The molecule has 3 atom stereocenters. The third kappa shape index (κ3) is 4.13. The summed E-state index contributed by atoms with van der Waals surface area (Å²) in [6, 6.07) is 24.2. The molecule has 0 radical (unpaired) electrons. The van der Waals surface area contributed by atoms with Gasteiger partial charge in [0.15, 0.2) is 6.20 Å². The van der Waals surface area contributed by atoms with Gasteiger partial charge >= 0.3 is 0 Å². The van der Waals surface area contributed by atoms with E-state index in [1.165, 1.54) is 61.6 Å². The number of benzene rings is 3. The fourth-order valence-corrected chi connectivity index (χ4v) is 7.80. The van der Waals surface area contributed by atoms with Gasteiger partial charge in [-0.3, -0.25) is 0 Å². The zero-order valence-electron chi connectivity index (χ0n) is 23.8. The lowest BCUT2D eigenvalue weighted by atomic mass is 9.66. The SMILES string of the molecule is Cc1ccc(-c2c(C)ccc3c2oc2c(-c4ccc(C5CCC6CCCCC6C5)cc4)c(C#N)ccc23)[n+](C)c1. The van der Waals surface area contributed by atoms with E-state index in [9.17, 15) is 5.26 Å². The van der Waals surface area contributed by atoms with E-state index in [1.807, 2.05) is 6.07 Å². The molecule has 3 unspecified atom stereocenters. The summed E-state index contributed by atoms with van der Waals surface area (Å²) in [5, 5.41) is 12.3. The third-order valence-electron chi connectivity index (χ3n) is 9.89. The summed E-state index contributed by atoms with van der Waals surface area (Å²) in [4.78, 5) is 0. The van der Waals surface area contributed by atoms with Crippen molar-refractivity contribution in [1.82, 2.24) is 0 Å². The minimum Gasteiger partial charge on any atom is -0.454 e. The lowest BCUT2D eigenvalue weighted by molar-refractivity contribution is -0.660. The quantitative estimate of drug-likeness (QED) is 0.220. The molecule has 0 amide bonds. The van der Waals surface area contributed by atoms with Crippen molar-refractivity contribution in [3.63, 3.8) is 0 Å². The largest absolute Gasteiger partial charge is 0.454 e. The first-order valence-electron chi connectivity index (χ1n) is 15.0. The number of fused-ring (bicyclic) bond motifs is 4. The lowest BCUT2D eigenvalue weighted by Gasteiger charge is -2.39. The van der Waals surface area contributed by atoms with Gasteiger partial charge in [0.05, 0.1) is 17.2 Å². The Morgan fingerprint density at radius 2 is 1.50 bits per heavy atom. The predicted octanol–water partition coefficient (Wildman–Crippen LogP) is 9.31. The van der Waals surface area contributed by atoms with Crippen molar-refractivity contribution in [2.24, 2.45) is 18.9 Å². The van der Waals surface area contributed by atoms with Gasteiger partial charge in [-0.15, -0.1) is 0 Å². The van der Waals surface area contributed by atoms with Gasteiger partial charge in [0, 0.05) is 28.0 Å². The van der Waals surface area contributed by atoms with Crippen LogP contribution in [0.1, 0.15) is 73.1 Å². The van der Waals surface area contributed by atoms with E-state index < -0.39 is 0 Å². The molecule has 2 aliphatic carbocycles. The molecule has 5 aromatic rings. The zero-order chi connectivity index (χ0) is 27.4. The first kappa shape index (κ1) is 25.1. The van der Waals surface area contributed by atoms with Crippen LogP contribution in [0.5, 0.6) is 0 Å². The highest BCUT2D eigenvalue weighted by atomic mass is 16.3. The Hall–Kier alpha value is -3.90. The fourth-order valence-electron chi connectivity index (χ4n) is 7.80. The number of nitrogens with zero attached hydrogens (tertiary/aromatic N) is 2. The third-order valence-corrected chi connectivity index (χ3v) is 9.89. The highest BCUT2D eigenvalue weighted by Gasteiger charge is 2.32. The Morgan fingerprint density at radius 3 is 2.25 bits per heavy atom. The average Bonchev–Trinajstić information content (AvgIpc) is 3.35. The van der Waals surface area contributed by atoms with Gasteiger partial charge in [0.25, 0.3) is 0 Å². The van der Waals surface area contributed by atoms with Crippen LogP contribution in [-0.4, -0.2) is 0 Å². The number of furan rings is 1. The van der Waals surface area contributed by atoms with Crippen LogP contribution >= 0.6 is 0 Å². The summed E-state index contributed by atoms with van der Waals surface area (Å²) in [5.41, 5.74) is 10.3. The van der Waals surface area contributed by atoms with Crippen molar-refractivity contribution >= 4 is 21.9 Å². The van der Waals surface area contributed by atoms with Gasteiger partial charge in [-0.2, -0.15) is 5.26 Å².